The molecule has 124 valence electrons. The second-order valence-corrected chi connectivity index (χ2v) is 10.2. The highest BCUT2D eigenvalue weighted by molar-refractivity contribution is 5.20. The summed E-state index contributed by atoms with van der Waals surface area (Å²) in [6, 6.07) is 0. The number of aliphatic hydroxyl groups is 1. The van der Waals surface area contributed by atoms with E-state index in [2.05, 4.69) is 20.8 Å². The van der Waals surface area contributed by atoms with Gasteiger partial charge in [-0.2, -0.15) is 0 Å². The fraction of sp³-hybridized carbons (Fsp3) is 1.00. The Labute approximate surface area is 135 Å². The summed E-state index contributed by atoms with van der Waals surface area (Å²) >= 11 is 0. The largest absolute Gasteiger partial charge is 0.390 e. The molecule has 4 saturated carbocycles. The molecule has 1 heterocycles. The molecule has 0 unspecified atom stereocenters. The first-order valence-electron chi connectivity index (χ1n) is 9.66. The zero-order chi connectivity index (χ0) is 15.4. The van der Waals surface area contributed by atoms with Crippen LogP contribution in [0.15, 0.2) is 0 Å². The van der Waals surface area contributed by atoms with Gasteiger partial charge in [-0.3, -0.25) is 0 Å². The fourth-order valence-electron chi connectivity index (χ4n) is 8.25. The molecule has 0 radical (unpaired) electrons. The lowest BCUT2D eigenvalue weighted by molar-refractivity contribution is -0.289. The molecule has 4 aliphatic carbocycles. The van der Waals surface area contributed by atoms with E-state index in [1.807, 2.05) is 0 Å². The van der Waals surface area contributed by atoms with Crippen LogP contribution < -0.4 is 0 Å². The van der Waals surface area contributed by atoms with Gasteiger partial charge in [0.15, 0.2) is 0 Å². The minimum atomic E-state index is -0.394. The van der Waals surface area contributed by atoms with E-state index in [1.165, 1.54) is 44.9 Å². The molecule has 0 amide bonds. The second-order valence-electron chi connectivity index (χ2n) is 10.2. The highest BCUT2D eigenvalue weighted by atomic mass is 16.5. The third kappa shape index (κ3) is 1.38. The Morgan fingerprint density at radius 1 is 0.955 bits per heavy atom. The second kappa shape index (κ2) is 3.94. The molecule has 8 atom stereocenters. The molecular weight excluding hydrogens is 272 g/mol. The van der Waals surface area contributed by atoms with Crippen molar-refractivity contribution in [2.24, 2.45) is 34.0 Å². The van der Waals surface area contributed by atoms with Crippen LogP contribution in [0.3, 0.4) is 0 Å². The van der Waals surface area contributed by atoms with E-state index in [9.17, 15) is 5.11 Å². The molecule has 1 aliphatic heterocycles. The van der Waals surface area contributed by atoms with Crippen LogP contribution in [0.4, 0.5) is 0 Å². The van der Waals surface area contributed by atoms with Crippen molar-refractivity contribution in [2.75, 3.05) is 6.61 Å². The lowest BCUT2D eigenvalue weighted by Gasteiger charge is -2.69. The van der Waals surface area contributed by atoms with Gasteiger partial charge >= 0.3 is 0 Å². The van der Waals surface area contributed by atoms with Crippen LogP contribution in [-0.2, 0) is 4.74 Å². The van der Waals surface area contributed by atoms with Gasteiger partial charge in [-0.15, -0.1) is 0 Å². The Morgan fingerprint density at radius 3 is 2.50 bits per heavy atom. The average Bonchev–Trinajstić information content (AvgIpc) is 2.80. The molecule has 0 aromatic rings. The van der Waals surface area contributed by atoms with Gasteiger partial charge in [0.1, 0.15) is 0 Å². The molecule has 22 heavy (non-hydrogen) atoms. The van der Waals surface area contributed by atoms with Gasteiger partial charge in [0.2, 0.25) is 0 Å². The monoisotopic (exact) mass is 304 g/mol. The summed E-state index contributed by atoms with van der Waals surface area (Å²) in [5.41, 5.74) is 1.09. The van der Waals surface area contributed by atoms with Crippen molar-refractivity contribution < 1.29 is 9.84 Å². The van der Waals surface area contributed by atoms with Crippen LogP contribution in [0.1, 0.15) is 72.1 Å². The molecule has 0 aromatic heterocycles. The maximum Gasteiger partial charge on any atom is 0.0654 e. The molecule has 1 saturated heterocycles. The lowest BCUT2D eigenvalue weighted by atomic mass is 9.38. The van der Waals surface area contributed by atoms with Crippen molar-refractivity contribution >= 4 is 0 Å². The molecule has 2 bridgehead atoms. The molecule has 2 heteroatoms. The van der Waals surface area contributed by atoms with Crippen molar-refractivity contribution in [1.29, 1.82) is 0 Å². The first-order valence-corrected chi connectivity index (χ1v) is 9.66. The molecule has 5 fully saturated rings. The maximum atomic E-state index is 10.8. The predicted octanol–water partition coefficient (Wildman–Crippen LogP) is 4.16. The minimum Gasteiger partial charge on any atom is -0.390 e. The zero-order valence-electron chi connectivity index (χ0n) is 14.5. The zero-order valence-corrected chi connectivity index (χ0v) is 14.5. The summed E-state index contributed by atoms with van der Waals surface area (Å²) in [6.45, 7) is 8.27. The van der Waals surface area contributed by atoms with Crippen molar-refractivity contribution in [3.05, 3.63) is 0 Å². The van der Waals surface area contributed by atoms with E-state index in [-0.39, 0.29) is 0 Å². The van der Waals surface area contributed by atoms with Crippen molar-refractivity contribution in [2.45, 2.75) is 83.8 Å². The minimum absolute atomic E-state index is 0.394. The smallest absolute Gasteiger partial charge is 0.0654 e. The van der Waals surface area contributed by atoms with E-state index in [1.54, 1.807) is 0 Å². The van der Waals surface area contributed by atoms with E-state index in [0.29, 0.717) is 28.3 Å². The van der Waals surface area contributed by atoms with E-state index < -0.39 is 5.60 Å². The first-order chi connectivity index (χ1) is 10.3. The van der Waals surface area contributed by atoms with Gasteiger partial charge in [-0.05, 0) is 86.9 Å². The average molecular weight is 304 g/mol. The van der Waals surface area contributed by atoms with Gasteiger partial charge in [0.05, 0.1) is 18.3 Å². The highest BCUT2D eigenvalue weighted by Gasteiger charge is 2.71. The topological polar surface area (TPSA) is 29.5 Å². The Hall–Kier alpha value is -0.0800. The summed E-state index contributed by atoms with van der Waals surface area (Å²) in [5.74, 6) is 2.30. The third-order valence-corrected chi connectivity index (χ3v) is 9.68. The van der Waals surface area contributed by atoms with Crippen molar-refractivity contribution in [3.63, 3.8) is 0 Å². The number of rotatable bonds is 0. The SMILES string of the molecule is C[C@@]12CO[C@@H]1CC[C@@]1(C)[C@H]2CC[C@H]2C[C@@H]3C[C@@]21CC[C@]3(C)O. The number of ether oxygens (including phenoxy) is 1. The van der Waals surface area contributed by atoms with Gasteiger partial charge in [0, 0.05) is 5.41 Å². The van der Waals surface area contributed by atoms with E-state index in [0.717, 1.165) is 24.9 Å². The molecular formula is C20H32O2. The van der Waals surface area contributed by atoms with Gasteiger partial charge in [0.25, 0.3) is 0 Å². The maximum absolute atomic E-state index is 10.8. The summed E-state index contributed by atoms with van der Waals surface area (Å²) in [6.07, 6.45) is 10.9. The number of hydrogen-bond donors (Lipinski definition) is 1. The fourth-order valence-corrected chi connectivity index (χ4v) is 8.25. The summed E-state index contributed by atoms with van der Waals surface area (Å²) < 4.78 is 5.94. The number of fused-ring (bicyclic) bond motifs is 4. The van der Waals surface area contributed by atoms with Crippen molar-refractivity contribution in [3.8, 4) is 0 Å². The Morgan fingerprint density at radius 2 is 1.77 bits per heavy atom. The van der Waals surface area contributed by atoms with Crippen LogP contribution in [0.25, 0.3) is 0 Å². The molecule has 5 rings (SSSR count). The standard InChI is InChI=1S/C20H32O2/c1-17-12-22-16(17)6-7-18(2)15(17)5-4-13-10-14-11-20(13,18)9-8-19(14,3)21/h13-16,21H,4-12H2,1-3H3/t13-,14+,15-,16+,17-,18-,19-,20-/m0/s1. The first kappa shape index (κ1) is 14.3. The van der Waals surface area contributed by atoms with Crippen LogP contribution in [0.2, 0.25) is 0 Å². The third-order valence-electron chi connectivity index (χ3n) is 9.68. The molecule has 2 nitrogen and oxygen atoms in total. The Bertz CT molecular complexity index is 514. The van der Waals surface area contributed by atoms with Gasteiger partial charge in [-0.25, -0.2) is 0 Å². The van der Waals surface area contributed by atoms with Crippen LogP contribution in [0.5, 0.6) is 0 Å². The quantitative estimate of drug-likeness (QED) is 0.728. The van der Waals surface area contributed by atoms with E-state index >= 15 is 0 Å². The van der Waals surface area contributed by atoms with E-state index in [4.69, 9.17) is 4.74 Å². The molecule has 5 aliphatic rings. The number of hydrogen-bond acceptors (Lipinski definition) is 2. The Kier molecular flexibility index (Phi) is 2.56. The summed E-state index contributed by atoms with van der Waals surface area (Å²) in [5, 5.41) is 10.8. The summed E-state index contributed by atoms with van der Waals surface area (Å²) in [7, 11) is 0. The molecule has 1 N–H and O–H groups in total. The van der Waals surface area contributed by atoms with Crippen LogP contribution in [0, 0.1) is 34.0 Å². The van der Waals surface area contributed by atoms with Crippen molar-refractivity contribution in [1.82, 2.24) is 0 Å². The van der Waals surface area contributed by atoms with Crippen LogP contribution >= 0.6 is 0 Å². The van der Waals surface area contributed by atoms with Crippen LogP contribution in [-0.4, -0.2) is 23.4 Å². The summed E-state index contributed by atoms with van der Waals surface area (Å²) in [4.78, 5) is 0. The normalized spacial score (nSPS) is 66.0. The Balaban J connectivity index is 1.57. The van der Waals surface area contributed by atoms with Gasteiger partial charge < -0.3 is 9.84 Å². The van der Waals surface area contributed by atoms with Gasteiger partial charge in [-0.1, -0.05) is 13.8 Å². The highest BCUT2D eigenvalue weighted by Crippen LogP contribution is 2.76. The lowest BCUT2D eigenvalue weighted by Crippen LogP contribution is -2.67. The predicted molar refractivity (Wildman–Crippen MR) is 86.4 cm³/mol. The molecule has 0 aromatic carbocycles. The molecule has 1 spiro atoms.